The van der Waals surface area contributed by atoms with Gasteiger partial charge in [-0.25, -0.2) is 4.98 Å². The fourth-order valence-electron chi connectivity index (χ4n) is 2.89. The van der Waals surface area contributed by atoms with Crippen LogP contribution in [-0.2, 0) is 0 Å². The summed E-state index contributed by atoms with van der Waals surface area (Å²) < 4.78 is 27.6. The topological polar surface area (TPSA) is 96.9 Å². The smallest absolute Gasteiger partial charge is 0.326 e. The summed E-state index contributed by atoms with van der Waals surface area (Å²) in [5.41, 5.74) is 1.77. The standard InChI is InChI=1S/C25H28N4O5/c1-6-7-8-17(2)15-33-19-9-11-20(12-10-19)34-25-27-16-26-24(29-25)28-18-13-21(30-3)23(32-5)22(14-18)31-4/h6-14,16H,15H2,1-5H3,(H,26,27,28,29)/b7-6-,17-8+. The zero-order chi connectivity index (χ0) is 24.3. The third-order valence-electron chi connectivity index (χ3n) is 4.54. The molecule has 0 atom stereocenters. The van der Waals surface area contributed by atoms with Gasteiger partial charge in [0.15, 0.2) is 11.5 Å². The van der Waals surface area contributed by atoms with Crippen molar-refractivity contribution in [2.24, 2.45) is 0 Å². The second-order valence-corrected chi connectivity index (χ2v) is 7.03. The molecule has 0 fully saturated rings. The Hall–Kier alpha value is -4.27. The van der Waals surface area contributed by atoms with Gasteiger partial charge in [0.05, 0.1) is 21.3 Å². The molecule has 1 heterocycles. The number of hydrogen-bond acceptors (Lipinski definition) is 9. The maximum absolute atomic E-state index is 5.77. The van der Waals surface area contributed by atoms with Gasteiger partial charge in [0.1, 0.15) is 24.4 Å². The van der Waals surface area contributed by atoms with Crippen LogP contribution in [-0.4, -0.2) is 42.9 Å². The van der Waals surface area contributed by atoms with Gasteiger partial charge in [-0.15, -0.1) is 0 Å². The highest BCUT2D eigenvalue weighted by Gasteiger charge is 2.14. The minimum Gasteiger partial charge on any atom is -0.493 e. The van der Waals surface area contributed by atoms with E-state index in [1.807, 2.05) is 44.2 Å². The molecule has 0 aliphatic rings. The van der Waals surface area contributed by atoms with E-state index in [1.165, 1.54) is 6.33 Å². The molecule has 1 N–H and O–H groups in total. The van der Waals surface area contributed by atoms with Crippen molar-refractivity contribution in [2.45, 2.75) is 13.8 Å². The van der Waals surface area contributed by atoms with Crippen LogP contribution in [0.1, 0.15) is 13.8 Å². The molecule has 0 aliphatic heterocycles. The lowest BCUT2D eigenvalue weighted by molar-refractivity contribution is 0.324. The zero-order valence-corrected chi connectivity index (χ0v) is 19.9. The first-order valence-corrected chi connectivity index (χ1v) is 10.5. The molecule has 0 saturated carbocycles. The van der Waals surface area contributed by atoms with E-state index < -0.39 is 0 Å². The molecule has 0 aliphatic carbocycles. The SMILES string of the molecule is C/C=C\C=C(/C)COc1ccc(Oc2ncnc(Nc3cc(OC)c(OC)c(OC)c3)n2)cc1. The highest BCUT2D eigenvalue weighted by atomic mass is 16.5. The van der Waals surface area contributed by atoms with E-state index in [0.717, 1.165) is 11.3 Å². The van der Waals surface area contributed by atoms with Crippen LogP contribution >= 0.6 is 0 Å². The summed E-state index contributed by atoms with van der Waals surface area (Å²) in [6.45, 7) is 4.50. The van der Waals surface area contributed by atoms with Gasteiger partial charge >= 0.3 is 6.01 Å². The van der Waals surface area contributed by atoms with Crippen LogP contribution < -0.4 is 29.0 Å². The number of nitrogens with one attached hydrogen (secondary N) is 1. The van der Waals surface area contributed by atoms with Crippen LogP contribution in [0.15, 0.2) is 66.5 Å². The predicted octanol–water partition coefficient (Wildman–Crippen LogP) is 5.33. The summed E-state index contributed by atoms with van der Waals surface area (Å²) in [5.74, 6) is 3.10. The Morgan fingerprint density at radius 1 is 0.941 bits per heavy atom. The maximum Gasteiger partial charge on any atom is 0.326 e. The number of aromatic nitrogens is 3. The van der Waals surface area contributed by atoms with Crippen molar-refractivity contribution in [3.05, 3.63) is 66.5 Å². The number of methoxy groups -OCH3 is 3. The van der Waals surface area contributed by atoms with Crippen molar-refractivity contribution >= 4 is 11.6 Å². The zero-order valence-electron chi connectivity index (χ0n) is 19.9. The van der Waals surface area contributed by atoms with Crippen LogP contribution in [0.25, 0.3) is 0 Å². The van der Waals surface area contributed by atoms with Crippen LogP contribution in [0.5, 0.6) is 34.8 Å². The number of ether oxygens (including phenoxy) is 5. The van der Waals surface area contributed by atoms with E-state index in [1.54, 1.807) is 45.6 Å². The summed E-state index contributed by atoms with van der Waals surface area (Å²) in [6.07, 6.45) is 7.33. The lowest BCUT2D eigenvalue weighted by Gasteiger charge is -2.14. The van der Waals surface area contributed by atoms with Gasteiger partial charge in [-0.2, -0.15) is 9.97 Å². The Bertz CT molecular complexity index is 1120. The fraction of sp³-hybridized carbons (Fsp3) is 0.240. The molecule has 0 bridgehead atoms. The van der Waals surface area contributed by atoms with Crippen LogP contribution in [0, 0.1) is 0 Å². The molecule has 34 heavy (non-hydrogen) atoms. The molecule has 0 unspecified atom stereocenters. The summed E-state index contributed by atoms with van der Waals surface area (Å²) in [4.78, 5) is 12.5. The fourth-order valence-corrected chi connectivity index (χ4v) is 2.89. The number of anilines is 2. The number of hydrogen-bond donors (Lipinski definition) is 1. The molecule has 0 spiro atoms. The largest absolute Gasteiger partial charge is 0.493 e. The molecule has 2 aromatic carbocycles. The molecule has 3 rings (SSSR count). The Balaban J connectivity index is 1.67. The van der Waals surface area contributed by atoms with Gasteiger partial charge in [-0.1, -0.05) is 18.2 Å². The average molecular weight is 465 g/mol. The van der Waals surface area contributed by atoms with Crippen molar-refractivity contribution in [1.82, 2.24) is 15.0 Å². The summed E-state index contributed by atoms with van der Waals surface area (Å²) in [7, 11) is 4.65. The van der Waals surface area contributed by atoms with Crippen LogP contribution in [0.2, 0.25) is 0 Å². The van der Waals surface area contributed by atoms with Crippen molar-refractivity contribution < 1.29 is 23.7 Å². The average Bonchev–Trinajstić information content (AvgIpc) is 2.86. The first-order valence-electron chi connectivity index (χ1n) is 10.5. The molecule has 0 radical (unpaired) electrons. The monoisotopic (exact) mass is 464 g/mol. The Morgan fingerprint density at radius 3 is 2.24 bits per heavy atom. The second kappa shape index (κ2) is 12.1. The third-order valence-corrected chi connectivity index (χ3v) is 4.54. The van der Waals surface area contributed by atoms with Gasteiger partial charge in [-0.3, -0.25) is 0 Å². The molecular formula is C25H28N4O5. The molecule has 9 heteroatoms. The van der Waals surface area contributed by atoms with E-state index in [-0.39, 0.29) is 6.01 Å². The number of benzene rings is 2. The second-order valence-electron chi connectivity index (χ2n) is 7.03. The van der Waals surface area contributed by atoms with Gasteiger partial charge in [-0.05, 0) is 43.7 Å². The van der Waals surface area contributed by atoms with Crippen LogP contribution in [0.3, 0.4) is 0 Å². The Morgan fingerprint density at radius 2 is 1.62 bits per heavy atom. The summed E-state index contributed by atoms with van der Waals surface area (Å²) in [5, 5.41) is 3.09. The predicted molar refractivity (Wildman–Crippen MR) is 130 cm³/mol. The van der Waals surface area contributed by atoms with Crippen LogP contribution in [0.4, 0.5) is 11.6 Å². The number of rotatable bonds is 11. The first-order chi connectivity index (χ1) is 16.6. The normalized spacial score (nSPS) is 11.3. The van der Waals surface area contributed by atoms with E-state index in [9.17, 15) is 0 Å². The van der Waals surface area contributed by atoms with E-state index >= 15 is 0 Å². The molecule has 9 nitrogen and oxygen atoms in total. The molecule has 1 aromatic heterocycles. The number of allylic oxidation sites excluding steroid dienone is 3. The summed E-state index contributed by atoms with van der Waals surface area (Å²) in [6, 6.07) is 10.9. The molecule has 0 amide bonds. The highest BCUT2D eigenvalue weighted by Crippen LogP contribution is 2.40. The number of nitrogens with zero attached hydrogens (tertiary/aromatic N) is 3. The molecule has 178 valence electrons. The summed E-state index contributed by atoms with van der Waals surface area (Å²) >= 11 is 0. The Kier molecular flexibility index (Phi) is 8.67. The minimum absolute atomic E-state index is 0.142. The maximum atomic E-state index is 5.77. The van der Waals surface area contributed by atoms with Gasteiger partial charge in [0, 0.05) is 17.8 Å². The van der Waals surface area contributed by atoms with Crippen molar-refractivity contribution in [1.29, 1.82) is 0 Å². The highest BCUT2D eigenvalue weighted by molar-refractivity contribution is 5.65. The molecule has 3 aromatic rings. The molecule has 0 saturated heterocycles. The van der Waals surface area contributed by atoms with E-state index in [2.05, 4.69) is 20.3 Å². The lowest BCUT2D eigenvalue weighted by Crippen LogP contribution is -2.02. The van der Waals surface area contributed by atoms with Gasteiger partial charge in [0.25, 0.3) is 0 Å². The van der Waals surface area contributed by atoms with Crippen molar-refractivity contribution in [3.63, 3.8) is 0 Å². The van der Waals surface area contributed by atoms with Crippen molar-refractivity contribution in [3.8, 4) is 34.8 Å². The van der Waals surface area contributed by atoms with E-state index in [4.69, 9.17) is 23.7 Å². The minimum atomic E-state index is 0.142. The van der Waals surface area contributed by atoms with E-state index in [0.29, 0.717) is 41.2 Å². The van der Waals surface area contributed by atoms with Gasteiger partial charge in [0.2, 0.25) is 11.7 Å². The van der Waals surface area contributed by atoms with Crippen molar-refractivity contribution in [2.75, 3.05) is 33.3 Å². The quantitative estimate of drug-likeness (QED) is 0.377. The molecular weight excluding hydrogens is 436 g/mol. The lowest BCUT2D eigenvalue weighted by atomic mass is 10.2. The third kappa shape index (κ3) is 6.61. The Labute approximate surface area is 199 Å². The first kappa shape index (κ1) is 24.4. The van der Waals surface area contributed by atoms with Gasteiger partial charge < -0.3 is 29.0 Å².